The lowest BCUT2D eigenvalue weighted by molar-refractivity contribution is -0.115. The van der Waals surface area contributed by atoms with Gasteiger partial charge in [0.05, 0.1) is 10.6 Å². The van der Waals surface area contributed by atoms with Crippen LogP contribution >= 0.6 is 23.1 Å². The van der Waals surface area contributed by atoms with Crippen molar-refractivity contribution < 1.29 is 4.79 Å². The average molecular weight is 358 g/mol. The molecular weight excluding hydrogens is 338 g/mol. The molecule has 1 aliphatic rings. The van der Waals surface area contributed by atoms with E-state index >= 15 is 0 Å². The number of pyridine rings is 1. The monoisotopic (exact) mass is 357 g/mol. The van der Waals surface area contributed by atoms with E-state index in [0.717, 1.165) is 34.9 Å². The molecular formula is C18H19N3OS2. The lowest BCUT2D eigenvalue weighted by Crippen LogP contribution is -2.12. The number of hydrogen-bond acceptors (Lipinski definition) is 5. The van der Waals surface area contributed by atoms with Crippen LogP contribution in [0.5, 0.6) is 0 Å². The van der Waals surface area contributed by atoms with E-state index in [1.807, 2.05) is 18.2 Å². The summed E-state index contributed by atoms with van der Waals surface area (Å²) in [4.78, 5) is 17.7. The van der Waals surface area contributed by atoms with Crippen molar-refractivity contribution in [2.75, 3.05) is 11.1 Å². The van der Waals surface area contributed by atoms with E-state index in [1.54, 1.807) is 29.3 Å². The molecule has 6 heteroatoms. The molecule has 2 aromatic heterocycles. The maximum absolute atomic E-state index is 12.2. The van der Waals surface area contributed by atoms with E-state index in [4.69, 9.17) is 0 Å². The highest BCUT2D eigenvalue weighted by Crippen LogP contribution is 2.39. The molecule has 0 bridgehead atoms. The number of hydrogen-bond donors (Lipinski definition) is 1. The fourth-order valence-corrected chi connectivity index (χ4v) is 5.01. The molecule has 2 heterocycles. The number of carbonyl (C=O) groups excluding carboxylic acids is 1. The van der Waals surface area contributed by atoms with Crippen LogP contribution in [0.25, 0.3) is 0 Å². The van der Waals surface area contributed by atoms with E-state index in [0.29, 0.717) is 23.7 Å². The number of anilines is 1. The third-order valence-corrected chi connectivity index (χ3v) is 6.21. The van der Waals surface area contributed by atoms with Crippen molar-refractivity contribution in [1.82, 2.24) is 4.98 Å². The van der Waals surface area contributed by atoms with Crippen LogP contribution in [0.2, 0.25) is 0 Å². The predicted octanol–water partition coefficient (Wildman–Crippen LogP) is 4.26. The Balaban J connectivity index is 1.59. The van der Waals surface area contributed by atoms with Gasteiger partial charge in [0.25, 0.3) is 0 Å². The van der Waals surface area contributed by atoms with Crippen molar-refractivity contribution in [1.29, 1.82) is 5.26 Å². The van der Waals surface area contributed by atoms with Gasteiger partial charge in [0, 0.05) is 23.2 Å². The summed E-state index contributed by atoms with van der Waals surface area (Å²) in [7, 11) is 0. The van der Waals surface area contributed by atoms with Gasteiger partial charge in [-0.25, -0.2) is 4.98 Å². The van der Waals surface area contributed by atoms with Crippen molar-refractivity contribution in [3.05, 3.63) is 40.4 Å². The first-order valence-electron chi connectivity index (χ1n) is 8.05. The highest BCUT2D eigenvalue weighted by molar-refractivity contribution is 7.99. The molecule has 3 rings (SSSR count). The van der Waals surface area contributed by atoms with Crippen LogP contribution < -0.4 is 5.32 Å². The van der Waals surface area contributed by atoms with Crippen LogP contribution in [0.4, 0.5) is 5.00 Å². The van der Waals surface area contributed by atoms with Crippen molar-refractivity contribution in [2.45, 2.75) is 37.6 Å². The minimum atomic E-state index is -0.0402. The molecule has 24 heavy (non-hydrogen) atoms. The number of nitriles is 1. The van der Waals surface area contributed by atoms with Gasteiger partial charge in [-0.3, -0.25) is 4.79 Å². The van der Waals surface area contributed by atoms with Gasteiger partial charge in [-0.2, -0.15) is 5.26 Å². The van der Waals surface area contributed by atoms with Crippen LogP contribution in [0, 0.1) is 17.2 Å². The van der Waals surface area contributed by atoms with E-state index in [9.17, 15) is 10.1 Å². The summed E-state index contributed by atoms with van der Waals surface area (Å²) in [5.74, 6) is 1.29. The lowest BCUT2D eigenvalue weighted by Gasteiger charge is -2.17. The van der Waals surface area contributed by atoms with Gasteiger partial charge in [-0.15, -0.1) is 23.1 Å². The molecule has 1 atom stereocenters. The molecule has 4 nitrogen and oxygen atoms in total. The summed E-state index contributed by atoms with van der Waals surface area (Å²) >= 11 is 3.14. The average Bonchev–Trinajstić information content (AvgIpc) is 2.91. The molecule has 0 radical (unpaired) electrons. The number of rotatable bonds is 5. The number of thiophene rings is 1. The van der Waals surface area contributed by atoms with E-state index in [-0.39, 0.29) is 5.91 Å². The largest absolute Gasteiger partial charge is 0.317 e. The smallest absolute Gasteiger partial charge is 0.225 e. The topological polar surface area (TPSA) is 65.8 Å². The van der Waals surface area contributed by atoms with Gasteiger partial charge in [0.1, 0.15) is 11.1 Å². The Morgan fingerprint density at radius 1 is 1.54 bits per heavy atom. The molecule has 1 amide bonds. The van der Waals surface area contributed by atoms with Crippen molar-refractivity contribution in [2.24, 2.45) is 5.92 Å². The van der Waals surface area contributed by atoms with Gasteiger partial charge >= 0.3 is 0 Å². The number of carbonyl (C=O) groups is 1. The standard InChI is InChI=1S/C18H19N3OS2/c1-12-5-6-13-14(11-19)18(24-15(13)10-12)21-16(22)7-9-23-17-4-2-3-8-20-17/h2-4,8,12H,5-7,9-10H2,1H3,(H,21,22). The van der Waals surface area contributed by atoms with Gasteiger partial charge in [0.2, 0.25) is 5.91 Å². The number of thioether (sulfide) groups is 1. The predicted molar refractivity (Wildman–Crippen MR) is 98.4 cm³/mol. The highest BCUT2D eigenvalue weighted by Gasteiger charge is 2.24. The summed E-state index contributed by atoms with van der Waals surface area (Å²) in [6.45, 7) is 2.24. The molecule has 0 saturated heterocycles. The summed E-state index contributed by atoms with van der Waals surface area (Å²) in [6, 6.07) is 8.03. The second-order valence-electron chi connectivity index (χ2n) is 5.98. The minimum Gasteiger partial charge on any atom is -0.317 e. The van der Waals surface area contributed by atoms with E-state index < -0.39 is 0 Å². The van der Waals surface area contributed by atoms with E-state index in [1.165, 1.54) is 4.88 Å². The molecule has 0 spiro atoms. The second-order valence-corrected chi connectivity index (χ2v) is 8.20. The third-order valence-electron chi connectivity index (χ3n) is 4.09. The van der Waals surface area contributed by atoms with Crippen LogP contribution in [0.3, 0.4) is 0 Å². The molecule has 1 aliphatic carbocycles. The zero-order valence-electron chi connectivity index (χ0n) is 13.5. The Hall–Kier alpha value is -1.84. The third kappa shape index (κ3) is 3.97. The van der Waals surface area contributed by atoms with Crippen molar-refractivity contribution in [3.8, 4) is 6.07 Å². The second kappa shape index (κ2) is 7.82. The first-order chi connectivity index (χ1) is 11.7. The van der Waals surface area contributed by atoms with Crippen molar-refractivity contribution in [3.63, 3.8) is 0 Å². The van der Waals surface area contributed by atoms with Gasteiger partial charge < -0.3 is 5.32 Å². The van der Waals surface area contributed by atoms with Crippen molar-refractivity contribution >= 4 is 34.0 Å². The maximum atomic E-state index is 12.2. The molecule has 0 saturated carbocycles. The quantitative estimate of drug-likeness (QED) is 0.812. The number of amides is 1. The lowest BCUT2D eigenvalue weighted by atomic mass is 9.89. The summed E-state index contributed by atoms with van der Waals surface area (Å²) in [5.41, 5.74) is 1.83. The summed E-state index contributed by atoms with van der Waals surface area (Å²) in [5, 5.41) is 14.0. The number of nitrogens with zero attached hydrogens (tertiary/aromatic N) is 2. The fourth-order valence-electron chi connectivity index (χ4n) is 2.83. The van der Waals surface area contributed by atoms with Gasteiger partial charge in [0.15, 0.2) is 0 Å². The minimum absolute atomic E-state index is 0.0402. The summed E-state index contributed by atoms with van der Waals surface area (Å²) in [6.07, 6.45) is 5.23. The highest BCUT2D eigenvalue weighted by atomic mass is 32.2. The molecule has 2 aromatic rings. The molecule has 1 N–H and O–H groups in total. The molecule has 0 aliphatic heterocycles. The molecule has 0 aromatic carbocycles. The van der Waals surface area contributed by atoms with E-state index in [2.05, 4.69) is 23.3 Å². The van der Waals surface area contributed by atoms with Crippen LogP contribution in [0.15, 0.2) is 29.4 Å². The maximum Gasteiger partial charge on any atom is 0.225 e. The van der Waals surface area contributed by atoms with Gasteiger partial charge in [-0.05, 0) is 42.9 Å². The first-order valence-corrected chi connectivity index (χ1v) is 9.86. The fraction of sp³-hybridized carbons (Fsp3) is 0.389. The molecule has 0 fully saturated rings. The SMILES string of the molecule is CC1CCc2c(sc(NC(=O)CCSc3ccccn3)c2C#N)C1. The first kappa shape index (κ1) is 17.0. The van der Waals surface area contributed by atoms with Crippen LogP contribution in [0.1, 0.15) is 35.8 Å². The van der Waals surface area contributed by atoms with Gasteiger partial charge in [-0.1, -0.05) is 13.0 Å². The zero-order valence-corrected chi connectivity index (χ0v) is 15.2. The Bertz CT molecular complexity index is 765. The zero-order chi connectivity index (χ0) is 16.9. The Labute approximate surface area is 150 Å². The number of nitrogens with one attached hydrogen (secondary N) is 1. The summed E-state index contributed by atoms with van der Waals surface area (Å²) < 4.78 is 0. The Morgan fingerprint density at radius 3 is 3.17 bits per heavy atom. The van der Waals surface area contributed by atoms with Crippen LogP contribution in [-0.4, -0.2) is 16.6 Å². The number of aromatic nitrogens is 1. The molecule has 1 unspecified atom stereocenters. The normalized spacial score (nSPS) is 16.2. The Kier molecular flexibility index (Phi) is 5.54. The Morgan fingerprint density at radius 2 is 2.42 bits per heavy atom. The number of fused-ring (bicyclic) bond motifs is 1. The molecule has 124 valence electrons. The van der Waals surface area contributed by atoms with Crippen LogP contribution in [-0.2, 0) is 17.6 Å².